The van der Waals surface area contributed by atoms with Crippen LogP contribution >= 0.6 is 0 Å². The lowest BCUT2D eigenvalue weighted by Gasteiger charge is -2.19. The third-order valence-corrected chi connectivity index (χ3v) is 6.26. The fraction of sp³-hybridized carbons (Fsp3) is 0.571. The van der Waals surface area contributed by atoms with Crippen molar-refractivity contribution in [2.45, 2.75) is 45.4 Å². The Morgan fingerprint density at radius 3 is 2.08 bits per heavy atom. The zero-order valence-electron chi connectivity index (χ0n) is 15.5. The van der Waals surface area contributed by atoms with Crippen LogP contribution in [0.15, 0.2) is 24.3 Å². The summed E-state index contributed by atoms with van der Waals surface area (Å²) >= 11 is 0. The summed E-state index contributed by atoms with van der Waals surface area (Å²) in [6.45, 7) is 6.05. The maximum atomic E-state index is 12.6. The Kier molecular flexibility index (Phi) is 3.94. The average molecular weight is 355 g/mol. The van der Waals surface area contributed by atoms with Gasteiger partial charge >= 0.3 is 5.97 Å². The van der Waals surface area contributed by atoms with E-state index < -0.39 is 5.97 Å². The number of fused-ring (bicyclic) bond motifs is 5. The predicted molar refractivity (Wildman–Crippen MR) is 95.3 cm³/mol. The van der Waals surface area contributed by atoms with Crippen molar-refractivity contribution in [1.82, 2.24) is 4.90 Å². The number of benzene rings is 1. The molecule has 5 nitrogen and oxygen atoms in total. The number of hydrogen-bond acceptors (Lipinski definition) is 4. The summed E-state index contributed by atoms with van der Waals surface area (Å²) in [6, 6.07) is 7.36. The van der Waals surface area contributed by atoms with Crippen molar-refractivity contribution >= 4 is 17.8 Å². The standard InChI is InChI=1S/C21H25NO4/c1-21(2,3)14-6-8-15(9-7-14)26-16(23)11-22-19(24)17-12-4-5-13(10-12)18(17)20(22)25/h6-9,12-13,17-18H,4-5,10-11H2,1-3H3/t12-,13+,17-,18-/m0/s1. The summed E-state index contributed by atoms with van der Waals surface area (Å²) < 4.78 is 5.35. The van der Waals surface area contributed by atoms with Crippen LogP contribution in [0.5, 0.6) is 5.75 Å². The van der Waals surface area contributed by atoms with Crippen molar-refractivity contribution in [3.63, 3.8) is 0 Å². The first-order valence-electron chi connectivity index (χ1n) is 9.42. The van der Waals surface area contributed by atoms with Gasteiger partial charge in [-0.05, 0) is 54.2 Å². The van der Waals surface area contributed by atoms with Crippen LogP contribution in [0.4, 0.5) is 0 Å². The van der Waals surface area contributed by atoms with Gasteiger partial charge in [-0.3, -0.25) is 14.5 Å². The molecule has 2 saturated carbocycles. The largest absolute Gasteiger partial charge is 0.425 e. The molecule has 0 unspecified atom stereocenters. The van der Waals surface area contributed by atoms with Gasteiger partial charge in [-0.25, -0.2) is 4.79 Å². The van der Waals surface area contributed by atoms with E-state index in [-0.39, 0.29) is 35.6 Å². The predicted octanol–water partition coefficient (Wildman–Crippen LogP) is 2.92. The molecule has 1 saturated heterocycles. The molecule has 1 aliphatic heterocycles. The molecule has 4 atom stereocenters. The number of nitrogens with zero attached hydrogens (tertiary/aromatic N) is 1. The highest BCUT2D eigenvalue weighted by Gasteiger charge is 2.61. The zero-order valence-corrected chi connectivity index (χ0v) is 15.5. The molecular weight excluding hydrogens is 330 g/mol. The van der Waals surface area contributed by atoms with Crippen LogP contribution in [0.2, 0.25) is 0 Å². The Bertz CT molecular complexity index is 733. The molecule has 0 aromatic heterocycles. The molecule has 5 heteroatoms. The third-order valence-electron chi connectivity index (χ3n) is 6.26. The third kappa shape index (κ3) is 2.74. The maximum Gasteiger partial charge on any atom is 0.331 e. The summed E-state index contributed by atoms with van der Waals surface area (Å²) in [7, 11) is 0. The second-order valence-electron chi connectivity index (χ2n) is 8.90. The minimum absolute atomic E-state index is 0.0219. The molecule has 2 bridgehead atoms. The van der Waals surface area contributed by atoms with E-state index in [2.05, 4.69) is 20.8 Å². The topological polar surface area (TPSA) is 63.7 Å². The van der Waals surface area contributed by atoms with Crippen LogP contribution in [0, 0.1) is 23.7 Å². The number of carbonyl (C=O) groups is 3. The SMILES string of the molecule is CC(C)(C)c1ccc(OC(=O)CN2C(=O)[C@H]3[C@@H]4CC[C@@H](C4)[C@@H]3C2=O)cc1. The van der Waals surface area contributed by atoms with E-state index in [1.165, 1.54) is 0 Å². The Balaban J connectivity index is 1.41. The molecule has 3 fully saturated rings. The highest BCUT2D eigenvalue weighted by atomic mass is 16.5. The lowest BCUT2D eigenvalue weighted by molar-refractivity contribution is -0.148. The van der Waals surface area contributed by atoms with E-state index in [4.69, 9.17) is 4.74 Å². The van der Waals surface area contributed by atoms with Crippen molar-refractivity contribution in [3.05, 3.63) is 29.8 Å². The second kappa shape index (κ2) is 5.93. The number of amides is 2. The molecule has 1 aromatic rings. The maximum absolute atomic E-state index is 12.6. The minimum Gasteiger partial charge on any atom is -0.425 e. The van der Waals surface area contributed by atoms with Gasteiger partial charge < -0.3 is 4.74 Å². The smallest absolute Gasteiger partial charge is 0.331 e. The fourth-order valence-electron chi connectivity index (χ4n) is 4.94. The molecule has 2 aliphatic carbocycles. The molecule has 2 amide bonds. The lowest BCUT2D eigenvalue weighted by Crippen LogP contribution is -2.38. The lowest BCUT2D eigenvalue weighted by atomic mass is 9.81. The normalized spacial score (nSPS) is 30.0. The van der Waals surface area contributed by atoms with Crippen molar-refractivity contribution in [3.8, 4) is 5.75 Å². The minimum atomic E-state index is -0.567. The van der Waals surface area contributed by atoms with Crippen molar-refractivity contribution < 1.29 is 19.1 Å². The van der Waals surface area contributed by atoms with E-state index in [1.54, 1.807) is 12.1 Å². The van der Waals surface area contributed by atoms with Gasteiger partial charge in [0.2, 0.25) is 11.8 Å². The molecule has 26 heavy (non-hydrogen) atoms. The number of imide groups is 1. The summed E-state index contributed by atoms with van der Waals surface area (Å²) in [5.41, 5.74) is 1.17. The molecule has 0 N–H and O–H groups in total. The molecular formula is C21H25NO4. The Hall–Kier alpha value is -2.17. The highest BCUT2D eigenvalue weighted by Crippen LogP contribution is 2.56. The molecule has 0 spiro atoms. The molecule has 4 rings (SSSR count). The van der Waals surface area contributed by atoms with E-state index in [9.17, 15) is 14.4 Å². The number of esters is 1. The molecule has 1 heterocycles. The summed E-state index contributed by atoms with van der Waals surface area (Å²) in [5, 5.41) is 0. The van der Waals surface area contributed by atoms with E-state index >= 15 is 0 Å². The van der Waals surface area contributed by atoms with Crippen LogP contribution in [0.25, 0.3) is 0 Å². The Labute approximate surface area is 153 Å². The second-order valence-corrected chi connectivity index (χ2v) is 8.90. The van der Waals surface area contributed by atoms with Gasteiger partial charge in [0, 0.05) is 0 Å². The first kappa shape index (κ1) is 17.3. The average Bonchev–Trinajstić information content (AvgIpc) is 3.24. The summed E-state index contributed by atoms with van der Waals surface area (Å²) in [5.74, 6) is -0.218. The molecule has 138 valence electrons. The summed E-state index contributed by atoms with van der Waals surface area (Å²) in [4.78, 5) is 38.7. The first-order chi connectivity index (χ1) is 12.3. The van der Waals surface area contributed by atoms with Crippen molar-refractivity contribution in [2.75, 3.05) is 6.54 Å². The monoisotopic (exact) mass is 355 g/mol. The van der Waals surface area contributed by atoms with E-state index in [0.29, 0.717) is 17.6 Å². The van der Waals surface area contributed by atoms with Gasteiger partial charge in [0.05, 0.1) is 11.8 Å². The van der Waals surface area contributed by atoms with E-state index in [1.807, 2.05) is 12.1 Å². The highest BCUT2D eigenvalue weighted by molar-refractivity contribution is 6.07. The van der Waals surface area contributed by atoms with Gasteiger partial charge in [0.25, 0.3) is 0 Å². The number of likely N-dealkylation sites (tertiary alicyclic amines) is 1. The van der Waals surface area contributed by atoms with Crippen LogP contribution in [-0.4, -0.2) is 29.2 Å². The Morgan fingerprint density at radius 1 is 1.04 bits per heavy atom. The van der Waals surface area contributed by atoms with Crippen LogP contribution in [0.1, 0.15) is 45.6 Å². The van der Waals surface area contributed by atoms with E-state index in [0.717, 1.165) is 29.7 Å². The number of hydrogen-bond donors (Lipinski definition) is 0. The zero-order chi connectivity index (χ0) is 18.6. The van der Waals surface area contributed by atoms with Crippen LogP contribution < -0.4 is 4.74 Å². The number of ether oxygens (including phenoxy) is 1. The fourth-order valence-corrected chi connectivity index (χ4v) is 4.94. The van der Waals surface area contributed by atoms with Crippen molar-refractivity contribution in [1.29, 1.82) is 0 Å². The van der Waals surface area contributed by atoms with Crippen molar-refractivity contribution in [2.24, 2.45) is 23.7 Å². The van der Waals surface area contributed by atoms with Gasteiger partial charge in [0.15, 0.2) is 0 Å². The van der Waals surface area contributed by atoms with Crippen LogP contribution in [0.3, 0.4) is 0 Å². The van der Waals surface area contributed by atoms with Crippen LogP contribution in [-0.2, 0) is 19.8 Å². The molecule has 1 aromatic carbocycles. The van der Waals surface area contributed by atoms with Gasteiger partial charge in [-0.2, -0.15) is 0 Å². The summed E-state index contributed by atoms with van der Waals surface area (Å²) in [6.07, 6.45) is 3.05. The quantitative estimate of drug-likeness (QED) is 0.475. The van der Waals surface area contributed by atoms with Gasteiger partial charge in [-0.15, -0.1) is 0 Å². The number of carbonyl (C=O) groups excluding carboxylic acids is 3. The van der Waals surface area contributed by atoms with Gasteiger partial charge in [-0.1, -0.05) is 32.9 Å². The first-order valence-corrected chi connectivity index (χ1v) is 9.42. The van der Waals surface area contributed by atoms with Gasteiger partial charge in [0.1, 0.15) is 12.3 Å². The number of rotatable bonds is 3. The molecule has 0 radical (unpaired) electrons. The Morgan fingerprint density at radius 2 is 1.58 bits per heavy atom. The molecule has 3 aliphatic rings.